The van der Waals surface area contributed by atoms with Crippen molar-refractivity contribution >= 4 is 22.4 Å². The number of rotatable bonds is 6. The molecule has 1 atom stereocenters. The highest BCUT2D eigenvalue weighted by atomic mass is 32.1. The molecule has 0 spiro atoms. The van der Waals surface area contributed by atoms with Gasteiger partial charge in [0.15, 0.2) is 22.9 Å². The van der Waals surface area contributed by atoms with Crippen molar-refractivity contribution in [3.05, 3.63) is 82.4 Å². The Hall–Kier alpha value is -2.64. The molecule has 4 nitrogen and oxygen atoms in total. The number of hydrogen-bond acceptors (Lipinski definition) is 4. The summed E-state index contributed by atoms with van der Waals surface area (Å²) < 4.78 is 31.6. The van der Waals surface area contributed by atoms with Crippen LogP contribution in [-0.4, -0.2) is 18.0 Å². The molecule has 0 fully saturated rings. The molecule has 0 saturated heterocycles. The van der Waals surface area contributed by atoms with Gasteiger partial charge in [0.2, 0.25) is 0 Å². The second kappa shape index (κ2) is 8.16. The van der Waals surface area contributed by atoms with E-state index in [-0.39, 0.29) is 5.91 Å². The second-order valence-electron chi connectivity index (χ2n) is 5.57. The smallest absolute Gasteiger partial charge is 0.259 e. The van der Waals surface area contributed by atoms with Crippen LogP contribution in [0, 0.1) is 11.6 Å². The number of thiazole rings is 1. The summed E-state index contributed by atoms with van der Waals surface area (Å²) >= 11 is 1.27. The van der Waals surface area contributed by atoms with Gasteiger partial charge < -0.3 is 4.74 Å². The summed E-state index contributed by atoms with van der Waals surface area (Å²) in [6.07, 6.45) is 1.26. The molecule has 1 aromatic heterocycles. The quantitative estimate of drug-likeness (QED) is 0.698. The maximum atomic E-state index is 13.3. The standard InChI is InChI=1S/C19H16F2N2O2S/c1-25-17(13-5-3-2-4-6-13)18(24)23-19-22-11-14(26-19)9-12-7-8-15(20)16(21)10-12/h2-8,10-11,17H,9H2,1H3,(H,22,23,24). The van der Waals surface area contributed by atoms with Crippen molar-refractivity contribution in [2.24, 2.45) is 0 Å². The van der Waals surface area contributed by atoms with Gasteiger partial charge in [-0.1, -0.05) is 36.4 Å². The number of aromatic nitrogens is 1. The topological polar surface area (TPSA) is 51.2 Å². The molecule has 1 heterocycles. The Morgan fingerprint density at radius 1 is 1.19 bits per heavy atom. The number of carbonyl (C=O) groups is 1. The molecule has 7 heteroatoms. The van der Waals surface area contributed by atoms with E-state index in [0.29, 0.717) is 17.1 Å². The van der Waals surface area contributed by atoms with E-state index in [1.165, 1.54) is 24.5 Å². The highest BCUT2D eigenvalue weighted by Crippen LogP contribution is 2.24. The molecule has 0 aliphatic rings. The van der Waals surface area contributed by atoms with Gasteiger partial charge in [-0.3, -0.25) is 10.1 Å². The van der Waals surface area contributed by atoms with Crippen molar-refractivity contribution in [1.82, 2.24) is 4.98 Å². The third-order valence-electron chi connectivity index (χ3n) is 3.72. The van der Waals surface area contributed by atoms with Crippen LogP contribution in [0.3, 0.4) is 0 Å². The minimum absolute atomic E-state index is 0.326. The first-order valence-corrected chi connectivity index (χ1v) is 8.65. The minimum Gasteiger partial charge on any atom is -0.367 e. The van der Waals surface area contributed by atoms with E-state index in [9.17, 15) is 13.6 Å². The molecular formula is C19H16F2N2O2S. The molecule has 0 radical (unpaired) electrons. The van der Waals surface area contributed by atoms with Gasteiger partial charge in [-0.25, -0.2) is 13.8 Å². The predicted octanol–water partition coefficient (Wildman–Crippen LogP) is 4.34. The van der Waals surface area contributed by atoms with E-state index in [1.807, 2.05) is 30.3 Å². The normalized spacial score (nSPS) is 12.0. The first kappa shape index (κ1) is 18.2. The number of anilines is 1. The molecule has 3 aromatic rings. The fourth-order valence-electron chi connectivity index (χ4n) is 2.49. The number of ether oxygens (including phenoxy) is 1. The summed E-state index contributed by atoms with van der Waals surface area (Å²) in [7, 11) is 1.47. The monoisotopic (exact) mass is 374 g/mol. The second-order valence-corrected chi connectivity index (χ2v) is 6.69. The molecule has 0 saturated carbocycles. The van der Waals surface area contributed by atoms with E-state index in [0.717, 1.165) is 22.6 Å². The Labute approximate surface area is 153 Å². The summed E-state index contributed by atoms with van der Waals surface area (Å²) in [5.41, 5.74) is 1.37. The summed E-state index contributed by atoms with van der Waals surface area (Å²) in [5, 5.41) is 3.15. The van der Waals surface area contributed by atoms with Crippen molar-refractivity contribution < 1.29 is 18.3 Å². The summed E-state index contributed by atoms with van der Waals surface area (Å²) in [6.45, 7) is 0. The van der Waals surface area contributed by atoms with Gasteiger partial charge in [0.05, 0.1) is 0 Å². The number of amides is 1. The molecular weight excluding hydrogens is 358 g/mol. The lowest BCUT2D eigenvalue weighted by atomic mass is 10.1. The Morgan fingerprint density at radius 3 is 2.65 bits per heavy atom. The van der Waals surface area contributed by atoms with Crippen LogP contribution >= 0.6 is 11.3 Å². The first-order chi connectivity index (χ1) is 12.6. The van der Waals surface area contributed by atoms with Crippen LogP contribution in [0.25, 0.3) is 0 Å². The van der Waals surface area contributed by atoms with Crippen LogP contribution in [0.4, 0.5) is 13.9 Å². The Morgan fingerprint density at radius 2 is 1.96 bits per heavy atom. The van der Waals surface area contributed by atoms with Crippen molar-refractivity contribution in [3.63, 3.8) is 0 Å². The number of nitrogens with zero attached hydrogens (tertiary/aromatic N) is 1. The molecule has 1 amide bonds. The van der Waals surface area contributed by atoms with Gasteiger partial charge in [-0.15, -0.1) is 11.3 Å². The Kier molecular flexibility index (Phi) is 5.70. The van der Waals surface area contributed by atoms with E-state index in [1.54, 1.807) is 6.20 Å². The fraction of sp³-hybridized carbons (Fsp3) is 0.158. The Bertz CT molecular complexity index is 900. The SMILES string of the molecule is COC(C(=O)Nc1ncc(Cc2ccc(F)c(F)c2)s1)c1ccccc1. The Balaban J connectivity index is 1.67. The van der Waals surface area contributed by atoms with Gasteiger partial charge >= 0.3 is 0 Å². The van der Waals surface area contributed by atoms with Crippen LogP contribution < -0.4 is 5.32 Å². The molecule has 3 rings (SSSR count). The maximum Gasteiger partial charge on any atom is 0.259 e. The van der Waals surface area contributed by atoms with Crippen LogP contribution in [0.1, 0.15) is 22.1 Å². The zero-order valence-corrected chi connectivity index (χ0v) is 14.7. The van der Waals surface area contributed by atoms with E-state index < -0.39 is 17.7 Å². The van der Waals surface area contributed by atoms with Crippen molar-refractivity contribution in [3.8, 4) is 0 Å². The van der Waals surface area contributed by atoms with Crippen molar-refractivity contribution in [2.75, 3.05) is 12.4 Å². The van der Waals surface area contributed by atoms with Gasteiger partial charge in [-0.2, -0.15) is 0 Å². The highest BCUT2D eigenvalue weighted by Gasteiger charge is 2.21. The van der Waals surface area contributed by atoms with Crippen molar-refractivity contribution in [1.29, 1.82) is 0 Å². The van der Waals surface area contributed by atoms with Crippen LogP contribution in [0.5, 0.6) is 0 Å². The molecule has 0 bridgehead atoms. The molecule has 1 N–H and O–H groups in total. The lowest BCUT2D eigenvalue weighted by molar-refractivity contribution is -0.126. The molecule has 2 aromatic carbocycles. The van der Waals surface area contributed by atoms with Gasteiger partial charge in [0.1, 0.15) is 0 Å². The minimum atomic E-state index is -0.883. The average molecular weight is 374 g/mol. The average Bonchev–Trinajstić information content (AvgIpc) is 3.06. The summed E-state index contributed by atoms with van der Waals surface area (Å²) in [4.78, 5) is 17.4. The van der Waals surface area contributed by atoms with Crippen LogP contribution in [0.2, 0.25) is 0 Å². The molecule has 1 unspecified atom stereocenters. The van der Waals surface area contributed by atoms with Crippen molar-refractivity contribution in [2.45, 2.75) is 12.5 Å². The molecule has 0 aliphatic carbocycles. The van der Waals surface area contributed by atoms with E-state index in [4.69, 9.17) is 4.74 Å². The number of benzene rings is 2. The predicted molar refractivity (Wildman–Crippen MR) is 96.1 cm³/mol. The summed E-state index contributed by atoms with van der Waals surface area (Å²) in [6, 6.07) is 12.9. The third-order valence-corrected chi connectivity index (χ3v) is 4.63. The number of nitrogens with one attached hydrogen (secondary N) is 1. The lowest BCUT2D eigenvalue weighted by Gasteiger charge is -2.14. The van der Waals surface area contributed by atoms with Gasteiger partial charge in [-0.05, 0) is 23.3 Å². The fourth-order valence-corrected chi connectivity index (χ4v) is 3.34. The number of halogens is 2. The van der Waals surface area contributed by atoms with E-state index >= 15 is 0 Å². The summed E-state index contributed by atoms with van der Waals surface area (Å²) in [5.74, 6) is -2.09. The molecule has 0 aliphatic heterocycles. The maximum absolute atomic E-state index is 13.3. The number of hydrogen-bond donors (Lipinski definition) is 1. The third kappa shape index (κ3) is 4.30. The molecule has 26 heavy (non-hydrogen) atoms. The van der Waals surface area contributed by atoms with Crippen LogP contribution in [-0.2, 0) is 16.0 Å². The number of carbonyl (C=O) groups excluding carboxylic acids is 1. The first-order valence-electron chi connectivity index (χ1n) is 7.84. The molecule has 134 valence electrons. The van der Waals surface area contributed by atoms with Crippen LogP contribution in [0.15, 0.2) is 54.7 Å². The van der Waals surface area contributed by atoms with E-state index in [2.05, 4.69) is 10.3 Å². The van der Waals surface area contributed by atoms with Gasteiger partial charge in [0.25, 0.3) is 5.91 Å². The largest absolute Gasteiger partial charge is 0.367 e. The zero-order valence-electron chi connectivity index (χ0n) is 13.9. The zero-order chi connectivity index (χ0) is 18.5. The highest BCUT2D eigenvalue weighted by molar-refractivity contribution is 7.15. The van der Waals surface area contributed by atoms with Gasteiger partial charge in [0, 0.05) is 24.6 Å². The number of methoxy groups -OCH3 is 1. The lowest BCUT2D eigenvalue weighted by Crippen LogP contribution is -2.22.